The van der Waals surface area contributed by atoms with Crippen molar-refractivity contribution < 1.29 is 5.11 Å². The first-order chi connectivity index (χ1) is 8.57. The van der Waals surface area contributed by atoms with Gasteiger partial charge in [0.2, 0.25) is 0 Å². The van der Waals surface area contributed by atoms with Gasteiger partial charge < -0.3 is 5.11 Å². The molecular formula is C17H26OS. The molecule has 0 amide bonds. The number of thiol groups is 1. The number of hydrogen-bond donors (Lipinski definition) is 2. The molecule has 106 valence electrons. The van der Waals surface area contributed by atoms with E-state index in [1.807, 2.05) is 6.08 Å². The summed E-state index contributed by atoms with van der Waals surface area (Å²) in [6, 6.07) is 4.15. The van der Waals surface area contributed by atoms with Crippen molar-refractivity contribution in [2.45, 2.75) is 52.4 Å². The van der Waals surface area contributed by atoms with Crippen LogP contribution < -0.4 is 0 Å². The second-order valence-electron chi connectivity index (χ2n) is 7.05. The third kappa shape index (κ3) is 4.04. The van der Waals surface area contributed by atoms with E-state index in [9.17, 15) is 5.11 Å². The van der Waals surface area contributed by atoms with E-state index >= 15 is 0 Å². The van der Waals surface area contributed by atoms with E-state index in [1.54, 1.807) is 0 Å². The molecule has 0 spiro atoms. The number of phenols is 1. The van der Waals surface area contributed by atoms with Crippen LogP contribution in [0.5, 0.6) is 5.75 Å². The lowest BCUT2D eigenvalue weighted by Gasteiger charge is -2.27. The van der Waals surface area contributed by atoms with Gasteiger partial charge in [0, 0.05) is 16.9 Å². The molecule has 0 unspecified atom stereocenters. The largest absolute Gasteiger partial charge is 0.507 e. The number of phenolic OH excluding ortho intramolecular Hbond substituents is 1. The molecule has 0 atom stereocenters. The average Bonchev–Trinajstić information content (AvgIpc) is 2.24. The van der Waals surface area contributed by atoms with E-state index in [2.05, 4.69) is 72.4 Å². The second kappa shape index (κ2) is 5.62. The molecular weight excluding hydrogens is 252 g/mol. The maximum Gasteiger partial charge on any atom is 0.123 e. The Bertz CT molecular complexity index is 438. The first-order valence-corrected chi connectivity index (χ1v) is 7.36. The third-order valence-electron chi connectivity index (χ3n) is 3.16. The van der Waals surface area contributed by atoms with Gasteiger partial charge in [-0.2, -0.15) is 12.6 Å². The molecule has 2 heteroatoms. The molecule has 0 aliphatic heterocycles. The summed E-state index contributed by atoms with van der Waals surface area (Å²) in [4.78, 5) is 0. The van der Waals surface area contributed by atoms with Crippen LogP contribution in [-0.2, 0) is 10.8 Å². The molecule has 1 aromatic rings. The minimum atomic E-state index is -0.0745. The van der Waals surface area contributed by atoms with E-state index in [0.717, 1.165) is 22.4 Å². The van der Waals surface area contributed by atoms with Crippen molar-refractivity contribution in [2.24, 2.45) is 0 Å². The van der Waals surface area contributed by atoms with Crippen molar-refractivity contribution in [1.29, 1.82) is 0 Å². The molecule has 1 nitrogen and oxygen atoms in total. The maximum atomic E-state index is 10.6. The Kier molecular flexibility index (Phi) is 4.78. The van der Waals surface area contributed by atoms with Gasteiger partial charge in [0.05, 0.1) is 0 Å². The lowest BCUT2D eigenvalue weighted by atomic mass is 9.78. The molecule has 0 fully saturated rings. The van der Waals surface area contributed by atoms with Gasteiger partial charge in [-0.05, 0) is 28.5 Å². The molecule has 0 aliphatic rings. The predicted molar refractivity (Wildman–Crippen MR) is 88.4 cm³/mol. The first-order valence-electron chi connectivity index (χ1n) is 6.72. The van der Waals surface area contributed by atoms with E-state index < -0.39 is 0 Å². The van der Waals surface area contributed by atoms with Gasteiger partial charge in [-0.1, -0.05) is 53.7 Å². The maximum absolute atomic E-state index is 10.6. The zero-order valence-corrected chi connectivity index (χ0v) is 13.8. The zero-order chi connectivity index (χ0) is 14.8. The van der Waals surface area contributed by atoms with Crippen LogP contribution in [0.3, 0.4) is 0 Å². The monoisotopic (exact) mass is 278 g/mol. The van der Waals surface area contributed by atoms with Gasteiger partial charge in [0.15, 0.2) is 0 Å². The lowest BCUT2D eigenvalue weighted by molar-refractivity contribution is 0.423. The number of aromatic hydroxyl groups is 1. The summed E-state index contributed by atoms with van der Waals surface area (Å²) in [5.41, 5.74) is 2.98. The molecule has 0 bridgehead atoms. The van der Waals surface area contributed by atoms with Crippen LogP contribution in [0.15, 0.2) is 18.2 Å². The van der Waals surface area contributed by atoms with E-state index in [4.69, 9.17) is 0 Å². The fraction of sp³-hybridized carbons (Fsp3) is 0.529. The van der Waals surface area contributed by atoms with Crippen molar-refractivity contribution in [2.75, 3.05) is 5.75 Å². The normalized spacial score (nSPS) is 13.2. The standard InChI is InChI=1S/C17H26OS/c1-16(2,3)13-10-12(8-7-9-19)11-14(15(13)18)17(4,5)6/h7-8,10-11,18-19H,9H2,1-6H3/b8-7+. The highest BCUT2D eigenvalue weighted by Crippen LogP contribution is 2.39. The van der Waals surface area contributed by atoms with E-state index in [0.29, 0.717) is 5.75 Å². The summed E-state index contributed by atoms with van der Waals surface area (Å²) in [7, 11) is 0. The highest BCUT2D eigenvalue weighted by atomic mass is 32.1. The van der Waals surface area contributed by atoms with Gasteiger partial charge >= 0.3 is 0 Å². The average molecular weight is 278 g/mol. The van der Waals surface area contributed by atoms with Gasteiger partial charge in [-0.15, -0.1) is 0 Å². The molecule has 1 aromatic carbocycles. The molecule has 1 rings (SSSR count). The van der Waals surface area contributed by atoms with Crippen LogP contribution in [0.2, 0.25) is 0 Å². The Morgan fingerprint density at radius 1 is 1.00 bits per heavy atom. The molecule has 19 heavy (non-hydrogen) atoms. The highest BCUT2D eigenvalue weighted by Gasteiger charge is 2.25. The molecule has 0 saturated heterocycles. The van der Waals surface area contributed by atoms with Crippen molar-refractivity contribution in [3.05, 3.63) is 34.9 Å². The van der Waals surface area contributed by atoms with Gasteiger partial charge in [0.25, 0.3) is 0 Å². The third-order valence-corrected chi connectivity index (χ3v) is 3.37. The van der Waals surface area contributed by atoms with E-state index in [1.165, 1.54) is 0 Å². The van der Waals surface area contributed by atoms with Crippen molar-refractivity contribution in [1.82, 2.24) is 0 Å². The Labute approximate surface area is 123 Å². The van der Waals surface area contributed by atoms with Gasteiger partial charge in [-0.25, -0.2) is 0 Å². The summed E-state index contributed by atoms with van der Waals surface area (Å²) in [5, 5.41) is 10.6. The van der Waals surface area contributed by atoms with Crippen LogP contribution in [0, 0.1) is 0 Å². The second-order valence-corrected chi connectivity index (χ2v) is 7.41. The van der Waals surface area contributed by atoms with Gasteiger partial charge in [0.1, 0.15) is 5.75 Å². The smallest absolute Gasteiger partial charge is 0.123 e. The minimum absolute atomic E-state index is 0.0745. The minimum Gasteiger partial charge on any atom is -0.507 e. The summed E-state index contributed by atoms with van der Waals surface area (Å²) < 4.78 is 0. The van der Waals surface area contributed by atoms with E-state index in [-0.39, 0.29) is 10.8 Å². The van der Waals surface area contributed by atoms with Gasteiger partial charge in [-0.3, -0.25) is 0 Å². The summed E-state index contributed by atoms with van der Waals surface area (Å²) in [5.74, 6) is 1.15. The Morgan fingerprint density at radius 2 is 1.42 bits per heavy atom. The number of benzene rings is 1. The zero-order valence-electron chi connectivity index (χ0n) is 12.9. The molecule has 0 heterocycles. The summed E-state index contributed by atoms with van der Waals surface area (Å²) in [6.07, 6.45) is 4.09. The molecule has 0 aromatic heterocycles. The SMILES string of the molecule is CC(C)(C)c1cc(/C=C/CS)cc(C(C)(C)C)c1O. The van der Waals surface area contributed by atoms with Crippen LogP contribution in [0.1, 0.15) is 58.2 Å². The lowest BCUT2D eigenvalue weighted by Crippen LogP contribution is -2.17. The van der Waals surface area contributed by atoms with Crippen molar-refractivity contribution in [3.8, 4) is 5.75 Å². The first kappa shape index (κ1) is 16.2. The molecule has 0 aliphatic carbocycles. The quantitative estimate of drug-likeness (QED) is 0.735. The topological polar surface area (TPSA) is 20.2 Å². The van der Waals surface area contributed by atoms with Crippen LogP contribution in [0.25, 0.3) is 6.08 Å². The van der Waals surface area contributed by atoms with Crippen molar-refractivity contribution in [3.63, 3.8) is 0 Å². The molecule has 0 saturated carbocycles. The Balaban J connectivity index is 3.52. The van der Waals surface area contributed by atoms with Crippen LogP contribution >= 0.6 is 12.6 Å². The van der Waals surface area contributed by atoms with Crippen LogP contribution in [0.4, 0.5) is 0 Å². The molecule has 1 N–H and O–H groups in total. The van der Waals surface area contributed by atoms with Crippen LogP contribution in [-0.4, -0.2) is 10.9 Å². The Morgan fingerprint density at radius 3 is 1.74 bits per heavy atom. The van der Waals surface area contributed by atoms with Crippen molar-refractivity contribution >= 4 is 18.7 Å². The number of rotatable bonds is 2. The molecule has 0 radical (unpaired) electrons. The number of hydrogen-bond acceptors (Lipinski definition) is 2. The fourth-order valence-electron chi connectivity index (χ4n) is 2.09. The Hall–Kier alpha value is -0.890. The predicted octanol–water partition coefficient (Wildman–Crippen LogP) is 4.93. The summed E-state index contributed by atoms with van der Waals surface area (Å²) >= 11 is 4.20. The fourth-order valence-corrected chi connectivity index (χ4v) is 2.19. The highest BCUT2D eigenvalue weighted by molar-refractivity contribution is 7.80. The summed E-state index contributed by atoms with van der Waals surface area (Å²) in [6.45, 7) is 12.8.